The minimum absolute atomic E-state index is 0.0593. The van der Waals surface area contributed by atoms with Gasteiger partial charge in [0.2, 0.25) is 5.91 Å². The van der Waals surface area contributed by atoms with E-state index < -0.39 is 0 Å². The molecule has 2 aromatic carbocycles. The van der Waals surface area contributed by atoms with E-state index >= 15 is 0 Å². The molecule has 1 unspecified atom stereocenters. The van der Waals surface area contributed by atoms with Gasteiger partial charge in [0.1, 0.15) is 11.4 Å². The van der Waals surface area contributed by atoms with Crippen molar-refractivity contribution in [2.45, 2.75) is 38.9 Å². The summed E-state index contributed by atoms with van der Waals surface area (Å²) >= 11 is 6.97. The number of aliphatic hydroxyl groups excluding tert-OH is 1. The molecule has 1 aliphatic heterocycles. The molecule has 0 spiro atoms. The molecule has 45 heavy (non-hydrogen) atoms. The summed E-state index contributed by atoms with van der Waals surface area (Å²) in [6.07, 6.45) is 4.82. The Labute approximate surface area is 267 Å². The molecule has 5 rings (SSSR count). The van der Waals surface area contributed by atoms with Crippen LogP contribution in [-0.2, 0) is 17.9 Å². The summed E-state index contributed by atoms with van der Waals surface area (Å²) in [5.74, 6) is 0.477. The van der Waals surface area contributed by atoms with Crippen LogP contribution >= 0.6 is 11.6 Å². The van der Waals surface area contributed by atoms with Crippen molar-refractivity contribution in [3.05, 3.63) is 94.4 Å². The van der Waals surface area contributed by atoms with Crippen LogP contribution in [0.3, 0.4) is 0 Å². The summed E-state index contributed by atoms with van der Waals surface area (Å²) < 4.78 is 5.61. The number of nitrogens with zero attached hydrogens (tertiary/aromatic N) is 2. The van der Waals surface area contributed by atoms with E-state index in [0.29, 0.717) is 60.4 Å². The van der Waals surface area contributed by atoms with Crippen molar-refractivity contribution in [2.75, 3.05) is 32.1 Å². The Hall–Kier alpha value is -4.35. The molecular formula is C34H37ClN6O4. The van der Waals surface area contributed by atoms with Gasteiger partial charge in [-0.15, -0.1) is 0 Å². The molecule has 0 aliphatic carbocycles. The first kappa shape index (κ1) is 32.1. The monoisotopic (exact) mass is 628 g/mol. The summed E-state index contributed by atoms with van der Waals surface area (Å²) in [6.45, 7) is 4.33. The number of carbonyl (C=O) groups excluding carboxylic acids is 2. The van der Waals surface area contributed by atoms with E-state index in [0.717, 1.165) is 39.8 Å². The van der Waals surface area contributed by atoms with Crippen LogP contribution < -0.4 is 26.0 Å². The van der Waals surface area contributed by atoms with Crippen molar-refractivity contribution in [1.82, 2.24) is 25.9 Å². The van der Waals surface area contributed by atoms with Crippen LogP contribution in [0.25, 0.3) is 22.4 Å². The fraction of sp³-hybridized carbons (Fsp3) is 0.294. The fourth-order valence-electron chi connectivity index (χ4n) is 5.33. The minimum Gasteiger partial charge on any atom is -0.496 e. The number of benzene rings is 2. The standard InChI is InChI=1S/C34H37ClN6O4/c1-21-26(27-12-13-38-33(32(27)35)23-7-8-24(19-36-14-15-42)30(16-23)45-2)4-3-5-28(21)41-34(44)29-10-6-22(18-39-29)17-37-20-25-9-11-31(43)40-25/h3-8,10,12-13,16,18,25,36-37,42H,9,11,14-15,17,19-20H2,1-2H3,(H,40,43)(H,41,44). The molecule has 1 aliphatic rings. The molecule has 10 nitrogen and oxygen atoms in total. The molecule has 0 saturated carbocycles. The molecule has 1 saturated heterocycles. The molecule has 1 fully saturated rings. The lowest BCUT2D eigenvalue weighted by Gasteiger charge is -2.16. The first-order chi connectivity index (χ1) is 21.9. The molecule has 1 atom stereocenters. The first-order valence-electron chi connectivity index (χ1n) is 14.9. The van der Waals surface area contributed by atoms with Gasteiger partial charge in [-0.05, 0) is 54.3 Å². The number of anilines is 1. The summed E-state index contributed by atoms with van der Waals surface area (Å²) in [4.78, 5) is 33.4. The minimum atomic E-state index is -0.314. The predicted octanol–water partition coefficient (Wildman–Crippen LogP) is 4.48. The lowest BCUT2D eigenvalue weighted by Crippen LogP contribution is -2.35. The number of aliphatic hydroxyl groups is 1. The Morgan fingerprint density at radius 2 is 1.96 bits per heavy atom. The van der Waals surface area contributed by atoms with Gasteiger partial charge in [0.05, 0.1) is 24.4 Å². The number of ether oxygens (including phenoxy) is 1. The topological polar surface area (TPSA) is 138 Å². The van der Waals surface area contributed by atoms with Gasteiger partial charge < -0.3 is 31.1 Å². The van der Waals surface area contributed by atoms with Crippen LogP contribution in [0.2, 0.25) is 5.02 Å². The molecular weight excluding hydrogens is 592 g/mol. The smallest absolute Gasteiger partial charge is 0.274 e. The number of methoxy groups -OCH3 is 1. The van der Waals surface area contributed by atoms with Crippen LogP contribution in [0, 0.1) is 6.92 Å². The summed E-state index contributed by atoms with van der Waals surface area (Å²) in [5, 5.41) is 22.0. The molecule has 0 bridgehead atoms. The number of nitrogens with one attached hydrogen (secondary N) is 4. The van der Waals surface area contributed by atoms with E-state index in [1.807, 2.05) is 55.5 Å². The zero-order valence-corrected chi connectivity index (χ0v) is 26.1. The van der Waals surface area contributed by atoms with Crippen LogP contribution in [0.4, 0.5) is 5.69 Å². The highest BCUT2D eigenvalue weighted by Gasteiger charge is 2.20. The van der Waals surface area contributed by atoms with Gasteiger partial charge >= 0.3 is 0 Å². The van der Waals surface area contributed by atoms with Crippen molar-refractivity contribution < 1.29 is 19.4 Å². The summed E-state index contributed by atoms with van der Waals surface area (Å²) in [6, 6.07) is 17.1. The Balaban J connectivity index is 1.29. The van der Waals surface area contributed by atoms with Crippen molar-refractivity contribution in [3.8, 4) is 28.1 Å². The van der Waals surface area contributed by atoms with Crippen molar-refractivity contribution in [2.24, 2.45) is 0 Å². The highest BCUT2D eigenvalue weighted by atomic mass is 35.5. The Bertz CT molecular complexity index is 1660. The maximum Gasteiger partial charge on any atom is 0.274 e. The number of carbonyl (C=O) groups is 2. The molecule has 5 N–H and O–H groups in total. The van der Waals surface area contributed by atoms with Crippen LogP contribution in [0.1, 0.15) is 40.0 Å². The van der Waals surface area contributed by atoms with Crippen molar-refractivity contribution in [3.63, 3.8) is 0 Å². The average molecular weight is 629 g/mol. The van der Waals surface area contributed by atoms with Crippen molar-refractivity contribution in [1.29, 1.82) is 0 Å². The molecule has 11 heteroatoms. The van der Waals surface area contributed by atoms with E-state index in [-0.39, 0.29) is 24.5 Å². The van der Waals surface area contributed by atoms with Gasteiger partial charge in [-0.25, -0.2) is 0 Å². The third kappa shape index (κ3) is 7.84. The second kappa shape index (κ2) is 15.1. The quantitative estimate of drug-likeness (QED) is 0.137. The lowest BCUT2D eigenvalue weighted by molar-refractivity contribution is -0.119. The van der Waals surface area contributed by atoms with Crippen LogP contribution in [0.15, 0.2) is 67.0 Å². The molecule has 2 aromatic heterocycles. The number of halogens is 1. The number of hydrogen-bond acceptors (Lipinski definition) is 8. The zero-order valence-electron chi connectivity index (χ0n) is 25.3. The van der Waals surface area contributed by atoms with Crippen molar-refractivity contribution >= 4 is 29.1 Å². The van der Waals surface area contributed by atoms with E-state index in [1.54, 1.807) is 25.6 Å². The fourth-order valence-corrected chi connectivity index (χ4v) is 5.65. The van der Waals surface area contributed by atoms with E-state index in [1.165, 1.54) is 0 Å². The van der Waals surface area contributed by atoms with Gasteiger partial charge in [-0.1, -0.05) is 41.9 Å². The Morgan fingerprint density at radius 3 is 2.69 bits per heavy atom. The maximum atomic E-state index is 13.1. The van der Waals surface area contributed by atoms with E-state index in [2.05, 4.69) is 31.2 Å². The molecule has 0 radical (unpaired) electrons. The van der Waals surface area contributed by atoms with Gasteiger partial charge in [0.15, 0.2) is 0 Å². The van der Waals surface area contributed by atoms with Gasteiger partial charge in [-0.2, -0.15) is 0 Å². The predicted molar refractivity (Wildman–Crippen MR) is 175 cm³/mol. The maximum absolute atomic E-state index is 13.1. The Kier molecular flexibility index (Phi) is 10.7. The Morgan fingerprint density at radius 1 is 1.09 bits per heavy atom. The number of aromatic nitrogens is 2. The third-order valence-corrected chi connectivity index (χ3v) is 8.17. The second-order valence-electron chi connectivity index (χ2n) is 10.9. The van der Waals surface area contributed by atoms with Crippen LogP contribution in [-0.4, -0.2) is 59.7 Å². The molecule has 234 valence electrons. The largest absolute Gasteiger partial charge is 0.496 e. The molecule has 4 aromatic rings. The van der Waals surface area contributed by atoms with Crippen LogP contribution in [0.5, 0.6) is 5.75 Å². The summed E-state index contributed by atoms with van der Waals surface area (Å²) in [5.41, 5.74) is 6.79. The van der Waals surface area contributed by atoms with E-state index in [4.69, 9.17) is 21.4 Å². The number of pyridine rings is 2. The SMILES string of the molecule is COc1cc(-c2nccc(-c3cccc(NC(=O)c4ccc(CNCC5CCC(=O)N5)cn4)c3C)c2Cl)ccc1CNCCO. The second-order valence-corrected chi connectivity index (χ2v) is 11.2. The highest BCUT2D eigenvalue weighted by molar-refractivity contribution is 6.35. The number of amides is 2. The highest BCUT2D eigenvalue weighted by Crippen LogP contribution is 2.39. The normalized spacial score (nSPS) is 14.3. The van der Waals surface area contributed by atoms with Gasteiger partial charge in [0.25, 0.3) is 5.91 Å². The van der Waals surface area contributed by atoms with E-state index in [9.17, 15) is 9.59 Å². The van der Waals surface area contributed by atoms with Gasteiger partial charge in [0, 0.05) is 73.4 Å². The average Bonchev–Trinajstić information content (AvgIpc) is 3.47. The van der Waals surface area contributed by atoms with Gasteiger partial charge in [-0.3, -0.25) is 19.6 Å². The number of rotatable bonds is 13. The third-order valence-electron chi connectivity index (χ3n) is 7.79. The first-order valence-corrected chi connectivity index (χ1v) is 15.3. The molecule has 2 amide bonds. The molecule has 3 heterocycles. The zero-order chi connectivity index (χ0) is 31.8. The number of hydrogen-bond donors (Lipinski definition) is 5. The lowest BCUT2D eigenvalue weighted by atomic mass is 9.97. The summed E-state index contributed by atoms with van der Waals surface area (Å²) in [7, 11) is 1.62.